The maximum atomic E-state index is 11.8. The molecule has 0 radical (unpaired) electrons. The Hall–Kier alpha value is -1.03. The van der Waals surface area contributed by atoms with E-state index < -0.39 is 0 Å². The number of hydrogen-bond donors (Lipinski definition) is 2. The molecule has 1 aromatic heterocycles. The standard InChI is InChI=1S/C10H17N3O/c11-6-3-7-13-10(14)8-4-1-2-5-9(8)12-13/h12H,1-7,11H2. The van der Waals surface area contributed by atoms with E-state index in [0.717, 1.165) is 43.5 Å². The highest BCUT2D eigenvalue weighted by Gasteiger charge is 2.16. The fourth-order valence-electron chi connectivity index (χ4n) is 2.05. The Morgan fingerprint density at radius 1 is 1.36 bits per heavy atom. The maximum absolute atomic E-state index is 11.8. The molecule has 2 rings (SSSR count). The van der Waals surface area contributed by atoms with Crippen molar-refractivity contribution in [2.45, 2.75) is 38.6 Å². The number of rotatable bonds is 3. The monoisotopic (exact) mass is 195 g/mol. The zero-order valence-electron chi connectivity index (χ0n) is 8.38. The van der Waals surface area contributed by atoms with Crippen molar-refractivity contribution in [1.29, 1.82) is 0 Å². The summed E-state index contributed by atoms with van der Waals surface area (Å²) in [6.45, 7) is 1.36. The number of H-pyrrole nitrogens is 1. The van der Waals surface area contributed by atoms with Gasteiger partial charge in [-0.1, -0.05) is 0 Å². The van der Waals surface area contributed by atoms with Crippen LogP contribution >= 0.6 is 0 Å². The van der Waals surface area contributed by atoms with E-state index in [4.69, 9.17) is 5.73 Å². The van der Waals surface area contributed by atoms with Gasteiger partial charge in [-0.05, 0) is 38.6 Å². The second-order valence-electron chi connectivity index (χ2n) is 3.88. The van der Waals surface area contributed by atoms with Crippen molar-refractivity contribution in [2.24, 2.45) is 5.73 Å². The van der Waals surface area contributed by atoms with E-state index >= 15 is 0 Å². The zero-order valence-corrected chi connectivity index (χ0v) is 8.38. The first kappa shape index (κ1) is 9.52. The number of hydrogen-bond acceptors (Lipinski definition) is 2. The van der Waals surface area contributed by atoms with Crippen LogP contribution in [0.3, 0.4) is 0 Å². The highest BCUT2D eigenvalue weighted by molar-refractivity contribution is 5.19. The summed E-state index contributed by atoms with van der Waals surface area (Å²) >= 11 is 0. The van der Waals surface area contributed by atoms with Crippen LogP contribution in [-0.2, 0) is 19.4 Å². The summed E-state index contributed by atoms with van der Waals surface area (Å²) in [5.74, 6) is 0. The topological polar surface area (TPSA) is 63.8 Å². The van der Waals surface area contributed by atoms with Crippen molar-refractivity contribution >= 4 is 0 Å². The van der Waals surface area contributed by atoms with E-state index in [1.807, 2.05) is 0 Å². The highest BCUT2D eigenvalue weighted by Crippen LogP contribution is 2.15. The summed E-state index contributed by atoms with van der Waals surface area (Å²) in [6, 6.07) is 0. The van der Waals surface area contributed by atoms with Crippen LogP contribution in [0, 0.1) is 0 Å². The minimum Gasteiger partial charge on any atom is -0.330 e. The van der Waals surface area contributed by atoms with Gasteiger partial charge in [0, 0.05) is 17.8 Å². The molecule has 14 heavy (non-hydrogen) atoms. The van der Waals surface area contributed by atoms with Crippen LogP contribution in [-0.4, -0.2) is 16.3 Å². The fourth-order valence-corrected chi connectivity index (χ4v) is 2.05. The van der Waals surface area contributed by atoms with E-state index in [1.165, 1.54) is 6.42 Å². The molecule has 0 saturated heterocycles. The second kappa shape index (κ2) is 4.00. The third-order valence-corrected chi connectivity index (χ3v) is 2.83. The molecule has 0 spiro atoms. The van der Waals surface area contributed by atoms with E-state index in [-0.39, 0.29) is 5.56 Å². The summed E-state index contributed by atoms with van der Waals surface area (Å²) in [4.78, 5) is 11.8. The van der Waals surface area contributed by atoms with Crippen molar-refractivity contribution in [1.82, 2.24) is 9.78 Å². The molecule has 1 aliphatic carbocycles. The lowest BCUT2D eigenvalue weighted by molar-refractivity contribution is 0.562. The number of nitrogens with two attached hydrogens (primary N) is 1. The van der Waals surface area contributed by atoms with Gasteiger partial charge in [0.05, 0.1) is 0 Å². The van der Waals surface area contributed by atoms with Crippen LogP contribution < -0.4 is 11.3 Å². The molecule has 0 atom stereocenters. The molecular weight excluding hydrogens is 178 g/mol. The van der Waals surface area contributed by atoms with Crippen LogP contribution in [0.5, 0.6) is 0 Å². The van der Waals surface area contributed by atoms with Crippen molar-refractivity contribution in [3.8, 4) is 0 Å². The molecule has 4 nitrogen and oxygen atoms in total. The smallest absolute Gasteiger partial charge is 0.269 e. The zero-order chi connectivity index (χ0) is 9.97. The number of nitrogens with one attached hydrogen (secondary N) is 1. The lowest BCUT2D eigenvalue weighted by atomic mass is 9.98. The van der Waals surface area contributed by atoms with E-state index in [1.54, 1.807) is 4.68 Å². The Balaban J connectivity index is 2.25. The third-order valence-electron chi connectivity index (χ3n) is 2.83. The molecule has 0 amide bonds. The average molecular weight is 195 g/mol. The lowest BCUT2D eigenvalue weighted by Gasteiger charge is -2.07. The number of aromatic amines is 1. The lowest BCUT2D eigenvalue weighted by Crippen LogP contribution is -2.21. The summed E-state index contributed by atoms with van der Waals surface area (Å²) in [7, 11) is 0. The normalized spacial score (nSPS) is 15.5. The first-order valence-electron chi connectivity index (χ1n) is 5.33. The van der Waals surface area contributed by atoms with Crippen molar-refractivity contribution < 1.29 is 0 Å². The van der Waals surface area contributed by atoms with Gasteiger partial charge in [-0.2, -0.15) is 0 Å². The predicted octanol–water partition coefficient (Wildman–Crippen LogP) is 0.404. The largest absolute Gasteiger partial charge is 0.330 e. The first-order valence-corrected chi connectivity index (χ1v) is 5.33. The molecule has 0 aromatic carbocycles. The molecule has 0 fully saturated rings. The van der Waals surface area contributed by atoms with Crippen LogP contribution in [0.25, 0.3) is 0 Å². The van der Waals surface area contributed by atoms with E-state index in [9.17, 15) is 4.79 Å². The van der Waals surface area contributed by atoms with Crippen LogP contribution in [0.1, 0.15) is 30.5 Å². The Morgan fingerprint density at radius 2 is 2.14 bits per heavy atom. The van der Waals surface area contributed by atoms with Gasteiger partial charge in [-0.15, -0.1) is 0 Å². The van der Waals surface area contributed by atoms with Crippen LogP contribution in [0.2, 0.25) is 0 Å². The van der Waals surface area contributed by atoms with E-state index in [0.29, 0.717) is 6.54 Å². The molecule has 0 unspecified atom stereocenters. The summed E-state index contributed by atoms with van der Waals surface area (Å²) < 4.78 is 1.71. The Labute approximate surface area is 83.1 Å². The molecule has 0 bridgehead atoms. The minimum absolute atomic E-state index is 0.174. The van der Waals surface area contributed by atoms with Gasteiger partial charge in [0.2, 0.25) is 0 Å². The first-order chi connectivity index (χ1) is 6.83. The molecular formula is C10H17N3O. The number of fused-ring (bicyclic) bond motifs is 1. The Kier molecular flexibility index (Phi) is 2.72. The molecule has 1 aliphatic rings. The molecule has 78 valence electrons. The predicted molar refractivity (Wildman–Crippen MR) is 55.4 cm³/mol. The van der Waals surface area contributed by atoms with Gasteiger partial charge in [0.15, 0.2) is 0 Å². The number of aromatic nitrogens is 2. The third kappa shape index (κ3) is 1.62. The van der Waals surface area contributed by atoms with Crippen molar-refractivity contribution in [2.75, 3.05) is 6.54 Å². The van der Waals surface area contributed by atoms with Gasteiger partial charge < -0.3 is 5.73 Å². The van der Waals surface area contributed by atoms with Crippen LogP contribution in [0.4, 0.5) is 0 Å². The van der Waals surface area contributed by atoms with Crippen molar-refractivity contribution in [3.63, 3.8) is 0 Å². The second-order valence-corrected chi connectivity index (χ2v) is 3.88. The minimum atomic E-state index is 0.174. The van der Waals surface area contributed by atoms with Gasteiger partial charge in [0.1, 0.15) is 0 Å². The summed E-state index contributed by atoms with van der Waals surface area (Å²) in [5, 5.41) is 3.19. The molecule has 3 N–H and O–H groups in total. The SMILES string of the molecule is NCCCn1[nH]c2c(c1=O)CCCC2. The number of nitrogens with zero attached hydrogens (tertiary/aromatic N) is 1. The number of aryl methyl sites for hydroxylation is 2. The molecule has 0 aliphatic heterocycles. The summed E-state index contributed by atoms with van der Waals surface area (Å²) in [6.07, 6.45) is 5.18. The van der Waals surface area contributed by atoms with Gasteiger partial charge in [-0.25, -0.2) is 0 Å². The van der Waals surface area contributed by atoms with E-state index in [2.05, 4.69) is 5.10 Å². The van der Waals surface area contributed by atoms with Crippen LogP contribution in [0.15, 0.2) is 4.79 Å². The fraction of sp³-hybridized carbons (Fsp3) is 0.700. The maximum Gasteiger partial charge on any atom is 0.269 e. The van der Waals surface area contributed by atoms with Gasteiger partial charge in [0.25, 0.3) is 5.56 Å². The summed E-state index contributed by atoms with van der Waals surface area (Å²) in [5.41, 5.74) is 7.75. The molecule has 0 saturated carbocycles. The van der Waals surface area contributed by atoms with Gasteiger partial charge >= 0.3 is 0 Å². The molecule has 1 heterocycles. The van der Waals surface area contributed by atoms with Crippen molar-refractivity contribution in [3.05, 3.63) is 21.6 Å². The average Bonchev–Trinajstić information content (AvgIpc) is 2.54. The Bertz CT molecular complexity index is 364. The van der Waals surface area contributed by atoms with Gasteiger partial charge in [-0.3, -0.25) is 14.6 Å². The molecule has 1 aromatic rings. The molecule has 4 heteroatoms. The Morgan fingerprint density at radius 3 is 2.86 bits per heavy atom. The quantitative estimate of drug-likeness (QED) is 0.733. The highest BCUT2D eigenvalue weighted by atomic mass is 16.1.